The van der Waals surface area contributed by atoms with E-state index in [1.807, 2.05) is 48.5 Å². The number of carbonyl (C=O) groups is 2. The molecule has 3 aromatic rings. The summed E-state index contributed by atoms with van der Waals surface area (Å²) in [7, 11) is 1.57. The first kappa shape index (κ1) is 22.8. The minimum atomic E-state index is -1.15. The summed E-state index contributed by atoms with van der Waals surface area (Å²) in [6.45, 7) is 4.92. The number of nitrogens with zero attached hydrogens (tertiary/aromatic N) is 2. The van der Waals surface area contributed by atoms with Gasteiger partial charge in [0.15, 0.2) is 4.87 Å². The molecular formula is C27H25ClN2O3S. The summed E-state index contributed by atoms with van der Waals surface area (Å²) in [5.41, 5.74) is 2.99. The Hall–Kier alpha value is -2.96. The van der Waals surface area contributed by atoms with Crippen molar-refractivity contribution >= 4 is 40.9 Å². The number of anilines is 1. The molecule has 7 heteroatoms. The molecule has 2 aliphatic rings. The van der Waals surface area contributed by atoms with E-state index in [0.29, 0.717) is 29.4 Å². The Morgan fingerprint density at radius 3 is 2.56 bits per heavy atom. The smallest absolute Gasteiger partial charge is 0.268 e. The van der Waals surface area contributed by atoms with Crippen LogP contribution < -0.4 is 9.64 Å². The lowest BCUT2D eigenvalue weighted by atomic mass is 10.0. The molecule has 0 aliphatic carbocycles. The average Bonchev–Trinajstić information content (AvgIpc) is 3.26. The molecule has 1 spiro atoms. The van der Waals surface area contributed by atoms with Gasteiger partial charge >= 0.3 is 0 Å². The SMILES string of the molecule is COc1cccc(C(=O)N2CC(C)(C)SC23C(=O)N(Cc2ccccc2Cl)c2ccccc23)c1. The summed E-state index contributed by atoms with van der Waals surface area (Å²) in [5.74, 6) is 0.282. The van der Waals surface area contributed by atoms with Crippen molar-refractivity contribution < 1.29 is 14.3 Å². The number of thioether (sulfide) groups is 1. The number of benzene rings is 3. The molecule has 2 aliphatic heterocycles. The molecule has 2 heterocycles. The molecule has 5 rings (SSSR count). The van der Waals surface area contributed by atoms with Gasteiger partial charge in [0.1, 0.15) is 5.75 Å². The Kier molecular flexibility index (Phi) is 5.61. The molecule has 174 valence electrons. The van der Waals surface area contributed by atoms with Crippen LogP contribution in [0.1, 0.15) is 35.3 Å². The topological polar surface area (TPSA) is 49.9 Å². The van der Waals surface area contributed by atoms with Crippen LogP contribution in [-0.2, 0) is 16.2 Å². The van der Waals surface area contributed by atoms with Gasteiger partial charge in [-0.25, -0.2) is 0 Å². The number of amides is 2. The van der Waals surface area contributed by atoms with E-state index >= 15 is 0 Å². The molecule has 5 nitrogen and oxygen atoms in total. The molecule has 0 aromatic heterocycles. The van der Waals surface area contributed by atoms with Crippen LogP contribution in [0.25, 0.3) is 0 Å². The molecule has 0 saturated carbocycles. The second-order valence-corrected chi connectivity index (χ2v) is 11.4. The highest BCUT2D eigenvalue weighted by molar-refractivity contribution is 8.02. The Labute approximate surface area is 208 Å². The summed E-state index contributed by atoms with van der Waals surface area (Å²) >= 11 is 7.98. The third kappa shape index (κ3) is 3.56. The van der Waals surface area contributed by atoms with Crippen LogP contribution in [-0.4, -0.2) is 35.1 Å². The number of para-hydroxylation sites is 1. The van der Waals surface area contributed by atoms with E-state index in [4.69, 9.17) is 16.3 Å². The molecule has 0 bridgehead atoms. The molecule has 0 N–H and O–H groups in total. The van der Waals surface area contributed by atoms with Crippen LogP contribution in [0, 0.1) is 0 Å². The summed E-state index contributed by atoms with van der Waals surface area (Å²) < 4.78 is 5.01. The van der Waals surface area contributed by atoms with Crippen LogP contribution >= 0.6 is 23.4 Å². The summed E-state index contributed by atoms with van der Waals surface area (Å²) in [6.07, 6.45) is 0. The van der Waals surface area contributed by atoms with Crippen LogP contribution in [0.5, 0.6) is 5.75 Å². The predicted octanol–water partition coefficient (Wildman–Crippen LogP) is 5.72. The number of fused-ring (bicyclic) bond motifs is 2. The summed E-state index contributed by atoms with van der Waals surface area (Å²) in [6, 6.07) is 22.4. The Bertz CT molecular complexity index is 1290. The van der Waals surface area contributed by atoms with Crippen molar-refractivity contribution in [3.8, 4) is 5.75 Å². The van der Waals surface area contributed by atoms with Gasteiger partial charge < -0.3 is 14.5 Å². The van der Waals surface area contributed by atoms with Gasteiger partial charge in [-0.3, -0.25) is 9.59 Å². The molecule has 2 amide bonds. The highest BCUT2D eigenvalue weighted by atomic mass is 35.5. The van der Waals surface area contributed by atoms with Crippen LogP contribution in [0.4, 0.5) is 5.69 Å². The van der Waals surface area contributed by atoms with Gasteiger partial charge in [-0.1, -0.05) is 54.1 Å². The lowest BCUT2D eigenvalue weighted by Crippen LogP contribution is -2.50. The van der Waals surface area contributed by atoms with Crippen LogP contribution in [0.3, 0.4) is 0 Å². The van der Waals surface area contributed by atoms with E-state index in [-0.39, 0.29) is 16.6 Å². The second kappa shape index (κ2) is 8.36. The normalized spacial score (nSPS) is 20.6. The van der Waals surface area contributed by atoms with Crippen molar-refractivity contribution in [2.75, 3.05) is 18.6 Å². The number of halogens is 1. The number of rotatable bonds is 4. The summed E-state index contributed by atoms with van der Waals surface area (Å²) in [5, 5.41) is 0.609. The van der Waals surface area contributed by atoms with Gasteiger partial charge in [0.05, 0.1) is 19.3 Å². The monoisotopic (exact) mass is 492 g/mol. The Morgan fingerprint density at radius 1 is 1.06 bits per heavy atom. The third-order valence-electron chi connectivity index (χ3n) is 6.29. The minimum absolute atomic E-state index is 0.125. The maximum Gasteiger partial charge on any atom is 0.268 e. The number of methoxy groups -OCH3 is 1. The van der Waals surface area contributed by atoms with E-state index in [1.165, 1.54) is 11.8 Å². The fourth-order valence-corrected chi connectivity index (χ4v) is 6.75. The average molecular weight is 493 g/mol. The zero-order chi connectivity index (χ0) is 24.1. The van der Waals surface area contributed by atoms with Gasteiger partial charge in [0, 0.05) is 27.4 Å². The van der Waals surface area contributed by atoms with Crippen molar-refractivity contribution in [2.45, 2.75) is 30.0 Å². The summed E-state index contributed by atoms with van der Waals surface area (Å²) in [4.78, 5) is 30.6. The first-order valence-electron chi connectivity index (χ1n) is 11.1. The molecule has 1 fully saturated rings. The number of ether oxygens (including phenoxy) is 1. The minimum Gasteiger partial charge on any atom is -0.497 e. The molecule has 1 saturated heterocycles. The lowest BCUT2D eigenvalue weighted by Gasteiger charge is -2.33. The Morgan fingerprint density at radius 2 is 1.79 bits per heavy atom. The van der Waals surface area contributed by atoms with Gasteiger partial charge in [-0.2, -0.15) is 0 Å². The first-order valence-corrected chi connectivity index (χ1v) is 12.3. The van der Waals surface area contributed by atoms with Crippen molar-refractivity contribution in [3.05, 3.63) is 94.5 Å². The number of hydrogen-bond donors (Lipinski definition) is 0. The predicted molar refractivity (Wildman–Crippen MR) is 136 cm³/mol. The van der Waals surface area contributed by atoms with E-state index in [2.05, 4.69) is 13.8 Å². The Balaban J connectivity index is 1.63. The van der Waals surface area contributed by atoms with Crippen molar-refractivity contribution in [2.24, 2.45) is 0 Å². The van der Waals surface area contributed by atoms with Gasteiger partial charge in [0.25, 0.3) is 11.8 Å². The fraction of sp³-hybridized carbons (Fsp3) is 0.259. The second-order valence-electron chi connectivity index (χ2n) is 9.13. The fourth-order valence-electron chi connectivity index (χ4n) is 4.82. The molecule has 0 radical (unpaired) electrons. The zero-order valence-corrected chi connectivity index (χ0v) is 20.8. The van der Waals surface area contributed by atoms with Crippen LogP contribution in [0.2, 0.25) is 5.02 Å². The van der Waals surface area contributed by atoms with E-state index in [0.717, 1.165) is 16.8 Å². The highest BCUT2D eigenvalue weighted by Crippen LogP contribution is 2.60. The standard InChI is InChI=1S/C27H25ClN2O3S/c1-26(2)17-30(24(31)18-10-8-11-20(15-18)33-3)27(34-26)21-12-5-7-14-23(21)29(25(27)32)16-19-9-4-6-13-22(19)28/h4-15H,16-17H2,1-3H3. The zero-order valence-electron chi connectivity index (χ0n) is 19.2. The van der Waals surface area contributed by atoms with Crippen molar-refractivity contribution in [1.29, 1.82) is 0 Å². The molecule has 1 unspecified atom stereocenters. The van der Waals surface area contributed by atoms with Crippen LogP contribution in [0.15, 0.2) is 72.8 Å². The highest BCUT2D eigenvalue weighted by Gasteiger charge is 2.63. The molecule has 3 aromatic carbocycles. The van der Waals surface area contributed by atoms with E-state index in [9.17, 15) is 9.59 Å². The first-order chi connectivity index (χ1) is 16.3. The lowest BCUT2D eigenvalue weighted by molar-refractivity contribution is -0.123. The van der Waals surface area contributed by atoms with Gasteiger partial charge in [-0.15, -0.1) is 11.8 Å². The quantitative estimate of drug-likeness (QED) is 0.467. The van der Waals surface area contributed by atoms with Crippen molar-refractivity contribution in [1.82, 2.24) is 4.90 Å². The van der Waals surface area contributed by atoms with Crippen molar-refractivity contribution in [3.63, 3.8) is 0 Å². The van der Waals surface area contributed by atoms with E-state index in [1.54, 1.807) is 41.2 Å². The number of hydrogen-bond acceptors (Lipinski definition) is 4. The van der Waals surface area contributed by atoms with Gasteiger partial charge in [-0.05, 0) is 49.7 Å². The van der Waals surface area contributed by atoms with Gasteiger partial charge in [0.2, 0.25) is 0 Å². The molecule has 34 heavy (non-hydrogen) atoms. The maximum absolute atomic E-state index is 14.3. The largest absolute Gasteiger partial charge is 0.497 e. The van der Waals surface area contributed by atoms with E-state index < -0.39 is 4.87 Å². The molecule has 1 atom stereocenters. The molecular weight excluding hydrogens is 468 g/mol. The third-order valence-corrected chi connectivity index (χ3v) is 8.25. The number of carbonyl (C=O) groups excluding carboxylic acids is 2. The maximum atomic E-state index is 14.3.